The van der Waals surface area contributed by atoms with Crippen LogP contribution in [-0.4, -0.2) is 86.4 Å². The van der Waals surface area contributed by atoms with Crippen molar-refractivity contribution in [2.75, 3.05) is 62.2 Å². The van der Waals surface area contributed by atoms with Crippen molar-refractivity contribution >= 4 is 35.4 Å². The lowest BCUT2D eigenvalue weighted by Gasteiger charge is -2.36. The number of nitro groups is 1. The van der Waals surface area contributed by atoms with E-state index in [-0.39, 0.29) is 31.0 Å². The van der Waals surface area contributed by atoms with Crippen LogP contribution in [0, 0.1) is 15.9 Å². The van der Waals surface area contributed by atoms with Crippen molar-refractivity contribution in [1.82, 2.24) is 15.5 Å². The zero-order valence-electron chi connectivity index (χ0n) is 21.3. The lowest BCUT2D eigenvalue weighted by molar-refractivity contribution is -0.402. The third-order valence-electron chi connectivity index (χ3n) is 6.22. The van der Waals surface area contributed by atoms with Crippen molar-refractivity contribution < 1.29 is 37.6 Å². The highest BCUT2D eigenvalue weighted by atomic mass is 19.1. The monoisotopic (exact) mass is 548 g/mol. The summed E-state index contributed by atoms with van der Waals surface area (Å²) in [5.74, 6) is -0.430. The largest absolute Gasteiger partial charge is 0.448 e. The fourth-order valence-electron chi connectivity index (χ4n) is 4.28. The van der Waals surface area contributed by atoms with Crippen molar-refractivity contribution in [3.8, 4) is 0 Å². The fourth-order valence-corrected chi connectivity index (χ4v) is 4.28. The Balaban J connectivity index is 0.000000519. The van der Waals surface area contributed by atoms with Crippen LogP contribution in [0.15, 0.2) is 34.7 Å². The van der Waals surface area contributed by atoms with Crippen LogP contribution in [-0.2, 0) is 20.8 Å². The van der Waals surface area contributed by atoms with Gasteiger partial charge in [0.15, 0.2) is 0 Å². The molecule has 3 aliphatic heterocycles. The molecule has 1 aromatic heterocycles. The van der Waals surface area contributed by atoms with Crippen LogP contribution in [0.4, 0.5) is 31.2 Å². The maximum Gasteiger partial charge on any atom is 0.433 e. The van der Waals surface area contributed by atoms with Gasteiger partial charge in [-0.05, 0) is 24.3 Å². The van der Waals surface area contributed by atoms with Crippen molar-refractivity contribution in [2.24, 2.45) is 0 Å². The van der Waals surface area contributed by atoms with E-state index < -0.39 is 22.9 Å². The molecule has 0 radical (unpaired) electrons. The molecule has 0 spiro atoms. The van der Waals surface area contributed by atoms with Gasteiger partial charge in [-0.25, -0.2) is 14.0 Å². The van der Waals surface area contributed by atoms with E-state index in [0.717, 1.165) is 0 Å². The zero-order valence-corrected chi connectivity index (χ0v) is 21.3. The van der Waals surface area contributed by atoms with Crippen molar-refractivity contribution in [3.63, 3.8) is 0 Å². The first kappa shape index (κ1) is 27.6. The van der Waals surface area contributed by atoms with Gasteiger partial charge in [-0.15, -0.1) is 0 Å². The second-order valence-electron chi connectivity index (χ2n) is 9.01. The highest BCUT2D eigenvalue weighted by Gasteiger charge is 2.33. The Morgan fingerprint density at radius 3 is 2.54 bits per heavy atom. The Hall–Kier alpha value is -4.40. The third kappa shape index (κ3) is 7.34. The number of nitrogens with zero attached hydrogens (tertiary/aromatic N) is 4. The molecule has 2 aromatic rings. The number of ether oxygens (including phenoxy) is 2. The number of hydrogen-bond acceptors (Lipinski definition) is 10. The standard InChI is InChI=1S/C21H24FN5O6.C3H5NO2/c1-14(28)23-11-17-13-26(21(29)33-17)15-2-4-19(18(22)10-15)25-8-6-24(7-9-25)12-16-3-5-20(32-16)27(30)31;5-3-4-1-2-6-3/h2-5,10,17H,6-9,11-13H2,1H3,(H,23,28);1-2H2,(H,4,5)/t17-;/m0./s1. The molecule has 5 rings (SSSR count). The minimum absolute atomic E-state index is 0.202. The van der Waals surface area contributed by atoms with Gasteiger partial charge >= 0.3 is 18.1 Å². The first-order chi connectivity index (χ1) is 18.7. The number of halogens is 1. The molecule has 2 N–H and O–H groups in total. The van der Waals surface area contributed by atoms with Gasteiger partial charge in [0, 0.05) is 33.1 Å². The van der Waals surface area contributed by atoms with E-state index in [2.05, 4.69) is 20.3 Å². The van der Waals surface area contributed by atoms with E-state index in [1.54, 1.807) is 18.2 Å². The molecule has 0 saturated carbocycles. The quantitative estimate of drug-likeness (QED) is 0.386. The number of amides is 3. The first-order valence-corrected chi connectivity index (χ1v) is 12.3. The summed E-state index contributed by atoms with van der Waals surface area (Å²) in [7, 11) is 0. The van der Waals surface area contributed by atoms with Crippen LogP contribution in [0.1, 0.15) is 12.7 Å². The number of piperazine rings is 1. The topological polar surface area (TPSA) is 160 Å². The molecule has 210 valence electrons. The average molecular weight is 549 g/mol. The first-order valence-electron chi connectivity index (χ1n) is 12.3. The van der Waals surface area contributed by atoms with Crippen LogP contribution in [0.5, 0.6) is 0 Å². The predicted molar refractivity (Wildman–Crippen MR) is 135 cm³/mol. The molecule has 3 amide bonds. The molecule has 39 heavy (non-hydrogen) atoms. The summed E-state index contributed by atoms with van der Waals surface area (Å²) in [6.07, 6.45) is -1.37. The summed E-state index contributed by atoms with van der Waals surface area (Å²) in [5.41, 5.74) is 0.832. The van der Waals surface area contributed by atoms with E-state index in [1.165, 1.54) is 24.0 Å². The Bertz CT molecular complexity index is 1210. The van der Waals surface area contributed by atoms with E-state index in [0.29, 0.717) is 63.0 Å². The van der Waals surface area contributed by atoms with Crippen LogP contribution >= 0.6 is 0 Å². The average Bonchev–Trinajstić information content (AvgIpc) is 3.65. The Kier molecular flexibility index (Phi) is 8.81. The molecular formula is C24H29FN6O8. The van der Waals surface area contributed by atoms with Crippen LogP contribution in [0.25, 0.3) is 0 Å². The third-order valence-corrected chi connectivity index (χ3v) is 6.22. The van der Waals surface area contributed by atoms with E-state index >= 15 is 0 Å². The number of hydrogen-bond donors (Lipinski definition) is 2. The van der Waals surface area contributed by atoms with Gasteiger partial charge in [-0.2, -0.15) is 0 Å². The molecule has 1 atom stereocenters. The Morgan fingerprint density at radius 2 is 1.97 bits per heavy atom. The molecule has 4 heterocycles. The molecule has 0 aliphatic carbocycles. The van der Waals surface area contributed by atoms with E-state index in [1.807, 2.05) is 4.90 Å². The second kappa shape index (κ2) is 12.4. The van der Waals surface area contributed by atoms with Gasteiger partial charge in [-0.3, -0.25) is 24.7 Å². The predicted octanol–water partition coefficient (Wildman–Crippen LogP) is 1.84. The zero-order chi connectivity index (χ0) is 27.9. The van der Waals surface area contributed by atoms with Crippen molar-refractivity contribution in [2.45, 2.75) is 19.6 Å². The lowest BCUT2D eigenvalue weighted by atomic mass is 10.2. The number of benzene rings is 1. The molecule has 3 aliphatic rings. The molecule has 3 fully saturated rings. The molecule has 0 bridgehead atoms. The van der Waals surface area contributed by atoms with Gasteiger partial charge in [0.2, 0.25) is 5.91 Å². The Morgan fingerprint density at radius 1 is 1.21 bits per heavy atom. The summed E-state index contributed by atoms with van der Waals surface area (Å²) < 4.78 is 29.8. The maximum absolute atomic E-state index is 14.9. The van der Waals surface area contributed by atoms with Gasteiger partial charge in [-0.1, -0.05) is 0 Å². The SMILES string of the molecule is CC(=O)NC[C@H]1CN(c2ccc(N3CCN(Cc4ccc([N+](=O)[O-])o4)CC3)c(F)c2)C(=O)O1.O=C1NCCO1. The molecule has 1 aromatic carbocycles. The van der Waals surface area contributed by atoms with Crippen molar-refractivity contribution in [1.29, 1.82) is 0 Å². The van der Waals surface area contributed by atoms with Gasteiger partial charge in [0.05, 0.1) is 43.6 Å². The molecule has 0 unspecified atom stereocenters. The van der Waals surface area contributed by atoms with Crippen LogP contribution in [0.3, 0.4) is 0 Å². The summed E-state index contributed by atoms with van der Waals surface area (Å²) >= 11 is 0. The number of alkyl carbamates (subject to hydrolysis) is 1. The van der Waals surface area contributed by atoms with Crippen molar-refractivity contribution in [3.05, 3.63) is 52.0 Å². The number of cyclic esters (lactones) is 2. The minimum Gasteiger partial charge on any atom is -0.448 e. The number of carbonyl (C=O) groups is 3. The summed E-state index contributed by atoms with van der Waals surface area (Å²) in [6, 6.07) is 7.55. The van der Waals surface area contributed by atoms with Gasteiger partial charge < -0.3 is 29.4 Å². The van der Waals surface area contributed by atoms with Crippen LogP contribution < -0.4 is 20.4 Å². The lowest BCUT2D eigenvalue weighted by Crippen LogP contribution is -2.46. The number of furan rings is 1. The van der Waals surface area contributed by atoms with E-state index in [4.69, 9.17) is 9.15 Å². The number of anilines is 2. The fraction of sp³-hybridized carbons (Fsp3) is 0.458. The molecular weight excluding hydrogens is 519 g/mol. The smallest absolute Gasteiger partial charge is 0.433 e. The number of carbonyl (C=O) groups excluding carboxylic acids is 3. The summed E-state index contributed by atoms with van der Waals surface area (Å²) in [6.45, 7) is 5.86. The van der Waals surface area contributed by atoms with Crippen LogP contribution in [0.2, 0.25) is 0 Å². The van der Waals surface area contributed by atoms with Gasteiger partial charge in [0.25, 0.3) is 0 Å². The number of nitrogens with one attached hydrogen (secondary N) is 2. The Labute approximate surface area is 222 Å². The highest BCUT2D eigenvalue weighted by Crippen LogP contribution is 2.29. The van der Waals surface area contributed by atoms with Gasteiger partial charge in [0.1, 0.15) is 29.2 Å². The normalized spacial score (nSPS) is 19.1. The minimum atomic E-state index is -0.579. The second-order valence-corrected chi connectivity index (χ2v) is 9.01. The summed E-state index contributed by atoms with van der Waals surface area (Å²) in [4.78, 5) is 48.6. The highest BCUT2D eigenvalue weighted by molar-refractivity contribution is 5.90. The molecule has 3 saturated heterocycles. The molecule has 15 heteroatoms. The summed E-state index contributed by atoms with van der Waals surface area (Å²) in [5, 5.41) is 15.8. The van der Waals surface area contributed by atoms with E-state index in [9.17, 15) is 28.9 Å². The molecule has 14 nitrogen and oxygen atoms in total. The maximum atomic E-state index is 14.9. The number of rotatable bonds is 7.